The Morgan fingerprint density at radius 3 is 1.71 bits per heavy atom. The Hall–Kier alpha value is -1.54. The molecular formula is C12H14O2. The second-order valence-corrected chi connectivity index (χ2v) is 2.83. The summed E-state index contributed by atoms with van der Waals surface area (Å²) in [6.07, 6.45) is 0. The lowest BCUT2D eigenvalue weighted by Gasteiger charge is -1.82. The molecule has 0 spiro atoms. The van der Waals surface area contributed by atoms with E-state index < -0.39 is 0 Å². The van der Waals surface area contributed by atoms with Crippen LogP contribution in [0.3, 0.4) is 0 Å². The number of aryl methyl sites for hydroxylation is 1. The monoisotopic (exact) mass is 190 g/mol. The van der Waals surface area contributed by atoms with E-state index in [9.17, 15) is 0 Å². The van der Waals surface area contributed by atoms with Crippen LogP contribution in [-0.2, 0) is 6.61 Å². The summed E-state index contributed by atoms with van der Waals surface area (Å²) in [4.78, 5) is 0. The van der Waals surface area contributed by atoms with Crippen molar-refractivity contribution in [2.75, 3.05) is 0 Å². The van der Waals surface area contributed by atoms with E-state index in [1.165, 1.54) is 0 Å². The minimum absolute atomic E-state index is 0.00611. The van der Waals surface area contributed by atoms with Gasteiger partial charge in [0.1, 0.15) is 18.1 Å². The molecule has 0 amide bonds. The maximum atomic E-state index is 8.46. The molecule has 0 atom stereocenters. The van der Waals surface area contributed by atoms with Crippen LogP contribution in [0.4, 0.5) is 0 Å². The van der Waals surface area contributed by atoms with Crippen LogP contribution in [0, 0.1) is 6.92 Å². The number of furan rings is 1. The fourth-order valence-corrected chi connectivity index (χ4v) is 0.955. The molecule has 14 heavy (non-hydrogen) atoms. The van der Waals surface area contributed by atoms with Crippen molar-refractivity contribution in [2.24, 2.45) is 0 Å². The van der Waals surface area contributed by atoms with Gasteiger partial charge in [-0.25, -0.2) is 0 Å². The second kappa shape index (κ2) is 6.00. The van der Waals surface area contributed by atoms with Gasteiger partial charge >= 0.3 is 0 Å². The number of hydrogen-bond donors (Lipinski definition) is 1. The predicted octanol–water partition coefficient (Wildman–Crippen LogP) is 2.77. The lowest BCUT2D eigenvalue weighted by atomic mass is 10.4. The summed E-state index contributed by atoms with van der Waals surface area (Å²) in [7, 11) is 0. The zero-order chi connectivity index (χ0) is 10.2. The molecule has 0 radical (unpaired) electrons. The van der Waals surface area contributed by atoms with Crippen LogP contribution in [0.25, 0.3) is 0 Å². The molecular weight excluding hydrogens is 176 g/mol. The maximum Gasteiger partial charge on any atom is 0.129 e. The van der Waals surface area contributed by atoms with Crippen molar-refractivity contribution in [3.8, 4) is 0 Å². The van der Waals surface area contributed by atoms with Crippen LogP contribution >= 0.6 is 0 Å². The van der Waals surface area contributed by atoms with Crippen molar-refractivity contribution in [1.82, 2.24) is 0 Å². The van der Waals surface area contributed by atoms with Gasteiger partial charge in [0.15, 0.2) is 0 Å². The minimum Gasteiger partial charge on any atom is -0.464 e. The molecule has 2 nitrogen and oxygen atoms in total. The molecule has 1 aromatic heterocycles. The van der Waals surface area contributed by atoms with Gasteiger partial charge in [0, 0.05) is 0 Å². The van der Waals surface area contributed by atoms with E-state index in [0.717, 1.165) is 5.76 Å². The summed E-state index contributed by atoms with van der Waals surface area (Å²) in [5.41, 5.74) is 0. The summed E-state index contributed by atoms with van der Waals surface area (Å²) in [5.74, 6) is 1.47. The summed E-state index contributed by atoms with van der Waals surface area (Å²) < 4.78 is 4.98. The van der Waals surface area contributed by atoms with E-state index in [2.05, 4.69) is 0 Å². The number of aliphatic hydroxyl groups is 1. The second-order valence-electron chi connectivity index (χ2n) is 2.83. The lowest BCUT2D eigenvalue weighted by Crippen LogP contribution is -1.73. The van der Waals surface area contributed by atoms with E-state index in [0.29, 0.717) is 5.76 Å². The highest BCUT2D eigenvalue weighted by Crippen LogP contribution is 2.04. The van der Waals surface area contributed by atoms with Gasteiger partial charge in [-0.05, 0) is 19.1 Å². The third-order valence-electron chi connectivity index (χ3n) is 1.62. The Balaban J connectivity index is 0.000000146. The molecule has 1 heterocycles. The third kappa shape index (κ3) is 3.92. The summed E-state index contributed by atoms with van der Waals surface area (Å²) in [6, 6.07) is 15.6. The van der Waals surface area contributed by atoms with E-state index in [1.807, 2.05) is 49.4 Å². The van der Waals surface area contributed by atoms with Gasteiger partial charge in [-0.2, -0.15) is 0 Å². The molecule has 0 saturated carbocycles. The van der Waals surface area contributed by atoms with Gasteiger partial charge < -0.3 is 9.52 Å². The van der Waals surface area contributed by atoms with Crippen molar-refractivity contribution in [2.45, 2.75) is 13.5 Å². The van der Waals surface area contributed by atoms with Gasteiger partial charge in [0.25, 0.3) is 0 Å². The van der Waals surface area contributed by atoms with E-state index in [1.54, 1.807) is 6.07 Å². The fourth-order valence-electron chi connectivity index (χ4n) is 0.955. The molecule has 0 unspecified atom stereocenters. The highest BCUT2D eigenvalue weighted by molar-refractivity contribution is 5.03. The van der Waals surface area contributed by atoms with Crippen molar-refractivity contribution in [1.29, 1.82) is 0 Å². The van der Waals surface area contributed by atoms with Gasteiger partial charge in [-0.3, -0.25) is 0 Å². The zero-order valence-corrected chi connectivity index (χ0v) is 8.18. The Morgan fingerprint density at radius 1 is 1.00 bits per heavy atom. The number of hydrogen-bond acceptors (Lipinski definition) is 2. The number of rotatable bonds is 1. The number of aliphatic hydroxyl groups excluding tert-OH is 1. The van der Waals surface area contributed by atoms with Crippen LogP contribution in [0.15, 0.2) is 52.9 Å². The molecule has 2 rings (SSSR count). The molecule has 1 aromatic carbocycles. The molecule has 0 aliphatic heterocycles. The van der Waals surface area contributed by atoms with Crippen molar-refractivity contribution in [3.05, 3.63) is 60.1 Å². The van der Waals surface area contributed by atoms with Crippen LogP contribution < -0.4 is 0 Å². The third-order valence-corrected chi connectivity index (χ3v) is 1.62. The van der Waals surface area contributed by atoms with Crippen molar-refractivity contribution in [3.63, 3.8) is 0 Å². The smallest absolute Gasteiger partial charge is 0.129 e. The molecule has 0 saturated heterocycles. The topological polar surface area (TPSA) is 33.4 Å². The molecule has 2 heteroatoms. The average Bonchev–Trinajstić information content (AvgIpc) is 2.68. The first-order valence-electron chi connectivity index (χ1n) is 4.49. The lowest BCUT2D eigenvalue weighted by molar-refractivity contribution is 0.245. The predicted molar refractivity (Wildman–Crippen MR) is 55.8 cm³/mol. The summed E-state index contributed by atoms with van der Waals surface area (Å²) >= 11 is 0. The van der Waals surface area contributed by atoms with Crippen LogP contribution in [0.2, 0.25) is 0 Å². The zero-order valence-electron chi connectivity index (χ0n) is 8.18. The van der Waals surface area contributed by atoms with Crippen molar-refractivity contribution < 1.29 is 9.52 Å². The quantitative estimate of drug-likeness (QED) is 0.750. The Labute approximate surface area is 83.8 Å². The van der Waals surface area contributed by atoms with Crippen LogP contribution in [-0.4, -0.2) is 5.11 Å². The highest BCUT2D eigenvalue weighted by Gasteiger charge is 1.92. The minimum atomic E-state index is -0.00611. The Kier molecular flexibility index (Phi) is 4.51. The first-order chi connectivity index (χ1) is 6.83. The first-order valence-corrected chi connectivity index (χ1v) is 4.49. The standard InChI is InChI=1S/C6H8O2.C6H6/c1-5-2-3-6(4-7)8-5;1-2-4-6-5-3-1/h2-3,7H,4H2,1H3;1-6H. The molecule has 1 N–H and O–H groups in total. The van der Waals surface area contributed by atoms with Crippen LogP contribution in [0.5, 0.6) is 0 Å². The summed E-state index contributed by atoms with van der Waals surface area (Å²) in [5, 5.41) is 8.46. The molecule has 0 fully saturated rings. The maximum absolute atomic E-state index is 8.46. The Morgan fingerprint density at radius 2 is 1.50 bits per heavy atom. The van der Waals surface area contributed by atoms with E-state index in [4.69, 9.17) is 9.52 Å². The van der Waals surface area contributed by atoms with E-state index in [-0.39, 0.29) is 6.61 Å². The van der Waals surface area contributed by atoms with E-state index >= 15 is 0 Å². The normalized spacial score (nSPS) is 9.00. The highest BCUT2D eigenvalue weighted by atomic mass is 16.4. The Bertz CT molecular complexity index is 312. The van der Waals surface area contributed by atoms with Gasteiger partial charge in [0.05, 0.1) is 0 Å². The van der Waals surface area contributed by atoms with Gasteiger partial charge in [0.2, 0.25) is 0 Å². The largest absolute Gasteiger partial charge is 0.464 e. The molecule has 0 aliphatic carbocycles. The fraction of sp³-hybridized carbons (Fsp3) is 0.167. The molecule has 0 bridgehead atoms. The van der Waals surface area contributed by atoms with Crippen molar-refractivity contribution >= 4 is 0 Å². The van der Waals surface area contributed by atoms with Gasteiger partial charge in [-0.15, -0.1) is 0 Å². The molecule has 2 aromatic rings. The average molecular weight is 190 g/mol. The number of benzene rings is 1. The van der Waals surface area contributed by atoms with Crippen LogP contribution in [0.1, 0.15) is 11.5 Å². The first kappa shape index (κ1) is 10.5. The SMILES string of the molecule is Cc1ccc(CO)o1.c1ccccc1. The van der Waals surface area contributed by atoms with Gasteiger partial charge in [-0.1, -0.05) is 36.4 Å². The molecule has 74 valence electrons. The molecule has 0 aliphatic rings. The summed E-state index contributed by atoms with van der Waals surface area (Å²) in [6.45, 7) is 1.84.